The Balaban J connectivity index is 2.75. The molecule has 1 nitrogen and oxygen atoms in total. The largest absolute Gasteiger partial charge is 0.297 e. The van der Waals surface area contributed by atoms with Crippen molar-refractivity contribution in [1.29, 1.82) is 0 Å². The van der Waals surface area contributed by atoms with Crippen molar-refractivity contribution in [3.8, 4) is 12.3 Å². The van der Waals surface area contributed by atoms with Crippen LogP contribution in [0.5, 0.6) is 0 Å². The highest BCUT2D eigenvalue weighted by atomic mass is 19.1. The van der Waals surface area contributed by atoms with E-state index in [-0.39, 0.29) is 12.1 Å². The van der Waals surface area contributed by atoms with Crippen molar-refractivity contribution in [3.63, 3.8) is 0 Å². The van der Waals surface area contributed by atoms with Crippen LogP contribution >= 0.6 is 0 Å². The van der Waals surface area contributed by atoms with Crippen LogP contribution in [0, 0.1) is 24.0 Å². The summed E-state index contributed by atoms with van der Waals surface area (Å²) in [5, 5.41) is 3.17. The Bertz CT molecular complexity index is 389. The monoisotopic (exact) mass is 237 g/mol. The van der Waals surface area contributed by atoms with Crippen molar-refractivity contribution in [1.82, 2.24) is 5.32 Å². The fraction of sp³-hybridized carbons (Fsp3) is 0.429. The van der Waals surface area contributed by atoms with Gasteiger partial charge in [0.25, 0.3) is 0 Å². The highest BCUT2D eigenvalue weighted by Crippen LogP contribution is 2.17. The quantitative estimate of drug-likeness (QED) is 0.774. The molecule has 0 saturated carbocycles. The molecule has 0 aliphatic carbocycles. The van der Waals surface area contributed by atoms with Crippen molar-refractivity contribution in [3.05, 3.63) is 35.4 Å². The molecule has 2 unspecified atom stereocenters. The van der Waals surface area contributed by atoms with Crippen LogP contribution in [-0.2, 0) is 0 Å². The van der Waals surface area contributed by atoms with E-state index in [4.69, 9.17) is 6.42 Å². The van der Waals surface area contributed by atoms with Gasteiger partial charge in [-0.2, -0.15) is 0 Å². The van der Waals surface area contributed by atoms with Gasteiger partial charge in [0.2, 0.25) is 0 Å². The second-order valence-electron chi connectivity index (χ2n) is 4.10. The summed E-state index contributed by atoms with van der Waals surface area (Å²) in [7, 11) is 0. The summed E-state index contributed by atoms with van der Waals surface area (Å²) in [5.74, 6) is 1.50. The molecule has 17 heavy (non-hydrogen) atoms. The summed E-state index contributed by atoms with van der Waals surface area (Å²) in [6.07, 6.45) is 7.19. The van der Waals surface area contributed by atoms with Gasteiger partial charge in [0.1, 0.15) is 11.6 Å². The summed E-state index contributed by atoms with van der Waals surface area (Å²) < 4.78 is 26.1. The number of terminal acetylenes is 1. The molecule has 0 bridgehead atoms. The maximum Gasteiger partial charge on any atom is 0.126 e. The minimum atomic E-state index is -0.568. The van der Waals surface area contributed by atoms with Gasteiger partial charge in [0.05, 0.1) is 6.04 Å². The lowest BCUT2D eigenvalue weighted by Gasteiger charge is -2.19. The van der Waals surface area contributed by atoms with Gasteiger partial charge in [-0.1, -0.05) is 19.3 Å². The first-order valence-electron chi connectivity index (χ1n) is 5.75. The zero-order valence-corrected chi connectivity index (χ0v) is 10.1. The van der Waals surface area contributed by atoms with Crippen molar-refractivity contribution >= 4 is 0 Å². The number of halogens is 2. The topological polar surface area (TPSA) is 12.0 Å². The molecule has 0 aliphatic rings. The molecule has 0 spiro atoms. The summed E-state index contributed by atoms with van der Waals surface area (Å²) in [4.78, 5) is 0. The average molecular weight is 237 g/mol. The molecule has 0 aliphatic heterocycles. The molecule has 0 heterocycles. The van der Waals surface area contributed by atoms with Gasteiger partial charge >= 0.3 is 0 Å². The molecule has 1 aromatic rings. The maximum absolute atomic E-state index is 13.0. The van der Waals surface area contributed by atoms with E-state index in [0.29, 0.717) is 5.56 Å². The van der Waals surface area contributed by atoms with Crippen LogP contribution in [0.25, 0.3) is 0 Å². The van der Waals surface area contributed by atoms with Gasteiger partial charge in [0.15, 0.2) is 0 Å². The minimum Gasteiger partial charge on any atom is -0.297 e. The number of hydrogen-bond donors (Lipinski definition) is 1. The van der Waals surface area contributed by atoms with E-state index in [0.717, 1.165) is 18.9 Å². The molecule has 1 rings (SSSR count). The SMILES string of the molecule is C#CC(CCC)NC(C)c1cc(F)cc(F)c1. The number of hydrogen-bond acceptors (Lipinski definition) is 1. The Morgan fingerprint density at radius 1 is 1.29 bits per heavy atom. The Morgan fingerprint density at radius 3 is 2.35 bits per heavy atom. The van der Waals surface area contributed by atoms with Gasteiger partial charge in [-0.3, -0.25) is 5.32 Å². The van der Waals surface area contributed by atoms with E-state index in [9.17, 15) is 8.78 Å². The third-order valence-corrected chi connectivity index (χ3v) is 2.61. The fourth-order valence-corrected chi connectivity index (χ4v) is 1.73. The van der Waals surface area contributed by atoms with Crippen LogP contribution in [0.2, 0.25) is 0 Å². The standard InChI is InChI=1S/C14H17F2N/c1-4-6-14(5-2)17-10(3)11-7-12(15)9-13(16)8-11/h2,7-10,14,17H,4,6H2,1,3H3. The Hall–Kier alpha value is -1.40. The molecule has 0 saturated heterocycles. The first-order chi connectivity index (χ1) is 8.06. The molecule has 2 atom stereocenters. The Kier molecular flexibility index (Phi) is 5.11. The van der Waals surface area contributed by atoms with Gasteiger partial charge in [-0.15, -0.1) is 6.42 Å². The molecule has 1 aromatic carbocycles. The lowest BCUT2D eigenvalue weighted by atomic mass is 10.1. The Morgan fingerprint density at radius 2 is 1.88 bits per heavy atom. The Labute approximate surface area is 101 Å². The average Bonchev–Trinajstić information content (AvgIpc) is 2.27. The highest BCUT2D eigenvalue weighted by molar-refractivity contribution is 5.21. The molecule has 0 radical (unpaired) electrons. The summed E-state index contributed by atoms with van der Waals surface area (Å²) in [6, 6.07) is 3.26. The molecule has 92 valence electrons. The minimum absolute atomic E-state index is 0.0682. The van der Waals surface area contributed by atoms with E-state index in [1.54, 1.807) is 0 Å². The lowest BCUT2D eigenvalue weighted by Crippen LogP contribution is -2.30. The second kappa shape index (κ2) is 6.36. The van der Waals surface area contributed by atoms with Gasteiger partial charge in [-0.05, 0) is 31.0 Å². The number of nitrogens with one attached hydrogen (secondary N) is 1. The predicted octanol–water partition coefficient (Wildman–Crippen LogP) is 3.42. The van der Waals surface area contributed by atoms with Crippen molar-refractivity contribution < 1.29 is 8.78 Å². The smallest absolute Gasteiger partial charge is 0.126 e. The van der Waals surface area contributed by atoms with Gasteiger partial charge in [-0.25, -0.2) is 8.78 Å². The van der Waals surface area contributed by atoms with Gasteiger partial charge in [0, 0.05) is 12.1 Å². The molecule has 3 heteroatoms. The van der Waals surface area contributed by atoms with Crippen LogP contribution in [0.4, 0.5) is 8.78 Å². The van der Waals surface area contributed by atoms with Crippen molar-refractivity contribution in [2.45, 2.75) is 38.8 Å². The third kappa shape index (κ3) is 4.16. The molecular weight excluding hydrogens is 220 g/mol. The van der Waals surface area contributed by atoms with E-state index in [1.165, 1.54) is 12.1 Å². The van der Waals surface area contributed by atoms with Crippen LogP contribution in [-0.4, -0.2) is 6.04 Å². The highest BCUT2D eigenvalue weighted by Gasteiger charge is 2.12. The van der Waals surface area contributed by atoms with Crippen molar-refractivity contribution in [2.24, 2.45) is 0 Å². The predicted molar refractivity (Wildman–Crippen MR) is 65.4 cm³/mol. The molecular formula is C14H17F2N. The molecule has 0 fully saturated rings. The van der Waals surface area contributed by atoms with Crippen molar-refractivity contribution in [2.75, 3.05) is 0 Å². The number of rotatable bonds is 5. The van der Waals surface area contributed by atoms with Crippen LogP contribution in [0.1, 0.15) is 38.3 Å². The first kappa shape index (κ1) is 13.7. The molecule has 1 N–H and O–H groups in total. The second-order valence-corrected chi connectivity index (χ2v) is 4.10. The van der Waals surface area contributed by atoms with E-state index >= 15 is 0 Å². The van der Waals surface area contributed by atoms with E-state index in [1.807, 2.05) is 13.8 Å². The third-order valence-electron chi connectivity index (χ3n) is 2.61. The fourth-order valence-electron chi connectivity index (χ4n) is 1.73. The van der Waals surface area contributed by atoms with Crippen LogP contribution in [0.15, 0.2) is 18.2 Å². The summed E-state index contributed by atoms with van der Waals surface area (Å²) >= 11 is 0. The van der Waals surface area contributed by atoms with E-state index < -0.39 is 11.6 Å². The first-order valence-corrected chi connectivity index (χ1v) is 5.75. The van der Waals surface area contributed by atoms with Crippen LogP contribution in [0.3, 0.4) is 0 Å². The summed E-state index contributed by atoms with van der Waals surface area (Å²) in [5.41, 5.74) is 0.568. The van der Waals surface area contributed by atoms with Gasteiger partial charge < -0.3 is 0 Å². The summed E-state index contributed by atoms with van der Waals surface area (Å²) in [6.45, 7) is 3.88. The lowest BCUT2D eigenvalue weighted by molar-refractivity contribution is 0.488. The zero-order valence-electron chi connectivity index (χ0n) is 10.1. The maximum atomic E-state index is 13.0. The number of benzene rings is 1. The normalized spacial score (nSPS) is 14.1. The van der Waals surface area contributed by atoms with E-state index in [2.05, 4.69) is 11.2 Å². The van der Waals surface area contributed by atoms with Crippen LogP contribution < -0.4 is 5.32 Å². The molecule has 0 aromatic heterocycles. The zero-order chi connectivity index (χ0) is 12.8. The molecule has 0 amide bonds.